The molecule has 1 heterocycles. The van der Waals surface area contributed by atoms with Crippen LogP contribution in [0.25, 0.3) is 11.4 Å². The molecular weight excluding hydrogens is 363 g/mol. The van der Waals surface area contributed by atoms with E-state index in [1.165, 1.54) is 7.11 Å². The Kier molecular flexibility index (Phi) is 5.11. The number of methoxy groups -OCH3 is 1. The molecule has 0 aliphatic heterocycles. The van der Waals surface area contributed by atoms with Crippen LogP contribution < -0.4 is 10.1 Å². The van der Waals surface area contributed by atoms with E-state index in [-0.39, 0.29) is 18.0 Å². The molecule has 2 aromatic carbocycles. The highest BCUT2D eigenvalue weighted by Gasteiger charge is 2.30. The topological polar surface area (TPSA) is 77.3 Å². The standard InChI is InChI=1S/C18H14F3N3O3/c1-26-14-4-2-3-12(9-14)16-23-15(27-24-16)10-22-17(25)11-5-7-13(8-6-11)18(19,20)21/h2-9H,10H2,1H3,(H,22,25). The average molecular weight is 377 g/mol. The van der Waals surface area contributed by atoms with Gasteiger partial charge in [0.15, 0.2) is 0 Å². The van der Waals surface area contributed by atoms with E-state index in [4.69, 9.17) is 9.26 Å². The second-order valence-electron chi connectivity index (χ2n) is 5.50. The first-order valence-corrected chi connectivity index (χ1v) is 7.79. The van der Waals surface area contributed by atoms with E-state index >= 15 is 0 Å². The summed E-state index contributed by atoms with van der Waals surface area (Å²) in [5.41, 5.74) is -0.0483. The van der Waals surface area contributed by atoms with Crippen molar-refractivity contribution in [3.63, 3.8) is 0 Å². The minimum absolute atomic E-state index is 0.0587. The summed E-state index contributed by atoms with van der Waals surface area (Å²) in [6, 6.07) is 11.0. The summed E-state index contributed by atoms with van der Waals surface area (Å²) >= 11 is 0. The molecule has 1 N–H and O–H groups in total. The molecule has 0 fully saturated rings. The average Bonchev–Trinajstić information content (AvgIpc) is 3.14. The van der Waals surface area contributed by atoms with Gasteiger partial charge >= 0.3 is 6.18 Å². The first kappa shape index (κ1) is 18.4. The largest absolute Gasteiger partial charge is 0.497 e. The third kappa shape index (κ3) is 4.43. The number of rotatable bonds is 5. The number of hydrogen-bond acceptors (Lipinski definition) is 5. The number of halogens is 3. The first-order valence-electron chi connectivity index (χ1n) is 7.79. The van der Waals surface area contributed by atoms with Gasteiger partial charge in [0, 0.05) is 11.1 Å². The zero-order valence-corrected chi connectivity index (χ0v) is 14.1. The number of benzene rings is 2. The molecule has 3 aromatic rings. The summed E-state index contributed by atoms with van der Waals surface area (Å²) in [7, 11) is 1.54. The van der Waals surface area contributed by atoms with E-state index in [0.717, 1.165) is 24.3 Å². The molecule has 0 unspecified atom stereocenters. The molecule has 3 rings (SSSR count). The zero-order chi connectivity index (χ0) is 19.4. The van der Waals surface area contributed by atoms with E-state index in [1.54, 1.807) is 24.3 Å². The molecule has 140 valence electrons. The maximum absolute atomic E-state index is 12.5. The summed E-state index contributed by atoms with van der Waals surface area (Å²) in [4.78, 5) is 16.2. The number of aromatic nitrogens is 2. The molecule has 1 aromatic heterocycles. The lowest BCUT2D eigenvalue weighted by Gasteiger charge is -2.07. The Morgan fingerprint density at radius 3 is 2.59 bits per heavy atom. The smallest absolute Gasteiger partial charge is 0.416 e. The molecule has 0 saturated carbocycles. The van der Waals surface area contributed by atoms with Crippen LogP contribution in [0.5, 0.6) is 5.75 Å². The first-order chi connectivity index (χ1) is 12.9. The van der Waals surface area contributed by atoms with Crippen LogP contribution in [0.3, 0.4) is 0 Å². The molecule has 6 nitrogen and oxygen atoms in total. The van der Waals surface area contributed by atoms with Gasteiger partial charge in [-0.2, -0.15) is 18.2 Å². The predicted molar refractivity (Wildman–Crippen MR) is 88.9 cm³/mol. The van der Waals surface area contributed by atoms with E-state index in [1.807, 2.05) is 0 Å². The minimum Gasteiger partial charge on any atom is -0.497 e. The fourth-order valence-corrected chi connectivity index (χ4v) is 2.27. The number of carbonyl (C=O) groups excluding carboxylic acids is 1. The van der Waals surface area contributed by atoms with Crippen molar-refractivity contribution in [1.82, 2.24) is 15.5 Å². The molecule has 0 saturated heterocycles. The van der Waals surface area contributed by atoms with Crippen LogP contribution in [0.15, 0.2) is 53.1 Å². The highest BCUT2D eigenvalue weighted by Crippen LogP contribution is 2.29. The summed E-state index contributed by atoms with van der Waals surface area (Å²) in [6.07, 6.45) is -4.45. The second kappa shape index (κ2) is 7.48. The number of carbonyl (C=O) groups is 1. The van der Waals surface area contributed by atoms with Gasteiger partial charge in [-0.15, -0.1) is 0 Å². The summed E-state index contributed by atoms with van der Waals surface area (Å²) in [5.74, 6) is 0.570. The van der Waals surface area contributed by atoms with Gasteiger partial charge in [0.05, 0.1) is 19.2 Å². The molecule has 9 heteroatoms. The number of hydrogen-bond donors (Lipinski definition) is 1. The molecule has 0 atom stereocenters. The van der Waals surface area contributed by atoms with E-state index in [0.29, 0.717) is 17.1 Å². The maximum Gasteiger partial charge on any atom is 0.416 e. The summed E-state index contributed by atoms with van der Waals surface area (Å²) in [6.45, 7) is -0.0587. The number of nitrogens with zero attached hydrogens (tertiary/aromatic N) is 2. The summed E-state index contributed by atoms with van der Waals surface area (Å²) in [5, 5.41) is 6.35. The quantitative estimate of drug-likeness (QED) is 0.734. The van der Waals surface area contributed by atoms with Gasteiger partial charge in [-0.3, -0.25) is 4.79 Å². The molecule has 0 aliphatic rings. The van der Waals surface area contributed by atoms with Gasteiger partial charge < -0.3 is 14.6 Å². The number of alkyl halides is 3. The number of nitrogens with one attached hydrogen (secondary N) is 1. The van der Waals surface area contributed by atoms with Crippen molar-refractivity contribution in [1.29, 1.82) is 0 Å². The molecular formula is C18H14F3N3O3. The van der Waals surface area contributed by atoms with Crippen molar-refractivity contribution >= 4 is 5.91 Å². The number of ether oxygens (including phenoxy) is 1. The van der Waals surface area contributed by atoms with Gasteiger partial charge in [0.1, 0.15) is 5.75 Å². The van der Waals surface area contributed by atoms with Gasteiger partial charge in [-0.1, -0.05) is 17.3 Å². The summed E-state index contributed by atoms with van der Waals surface area (Å²) < 4.78 is 47.8. The fourth-order valence-electron chi connectivity index (χ4n) is 2.27. The fraction of sp³-hybridized carbons (Fsp3) is 0.167. The van der Waals surface area contributed by atoms with Crippen molar-refractivity contribution in [3.05, 3.63) is 65.5 Å². The Labute approximate surface area is 152 Å². The predicted octanol–water partition coefficient (Wildman–Crippen LogP) is 3.69. The molecule has 27 heavy (non-hydrogen) atoms. The van der Waals surface area contributed by atoms with Crippen LogP contribution in [-0.2, 0) is 12.7 Å². The third-order valence-electron chi connectivity index (χ3n) is 3.67. The van der Waals surface area contributed by atoms with Crippen LogP contribution >= 0.6 is 0 Å². The van der Waals surface area contributed by atoms with Crippen molar-refractivity contribution in [2.75, 3.05) is 7.11 Å². The van der Waals surface area contributed by atoms with Crippen molar-refractivity contribution < 1.29 is 27.2 Å². The maximum atomic E-state index is 12.5. The van der Waals surface area contributed by atoms with Crippen LogP contribution in [0.4, 0.5) is 13.2 Å². The Morgan fingerprint density at radius 2 is 1.93 bits per heavy atom. The molecule has 0 bridgehead atoms. The monoisotopic (exact) mass is 377 g/mol. The van der Waals surface area contributed by atoms with Crippen LogP contribution in [0, 0.1) is 0 Å². The third-order valence-corrected chi connectivity index (χ3v) is 3.67. The SMILES string of the molecule is COc1cccc(-c2noc(CNC(=O)c3ccc(C(F)(F)F)cc3)n2)c1. The van der Waals surface area contributed by atoms with E-state index < -0.39 is 17.6 Å². The molecule has 0 aliphatic carbocycles. The van der Waals surface area contributed by atoms with Crippen molar-refractivity contribution in [2.24, 2.45) is 0 Å². The van der Waals surface area contributed by atoms with Crippen molar-refractivity contribution in [3.8, 4) is 17.1 Å². The van der Waals surface area contributed by atoms with Gasteiger partial charge in [0.25, 0.3) is 5.91 Å². The second-order valence-corrected chi connectivity index (χ2v) is 5.50. The van der Waals surface area contributed by atoms with E-state index in [2.05, 4.69) is 15.5 Å². The van der Waals surface area contributed by atoms with Gasteiger partial charge in [-0.25, -0.2) is 0 Å². The van der Waals surface area contributed by atoms with Gasteiger partial charge in [0.2, 0.25) is 11.7 Å². The van der Waals surface area contributed by atoms with Gasteiger partial charge in [-0.05, 0) is 36.4 Å². The molecule has 0 radical (unpaired) electrons. The molecule has 1 amide bonds. The highest BCUT2D eigenvalue weighted by molar-refractivity contribution is 5.94. The lowest BCUT2D eigenvalue weighted by molar-refractivity contribution is -0.137. The Morgan fingerprint density at radius 1 is 1.19 bits per heavy atom. The van der Waals surface area contributed by atoms with Crippen LogP contribution in [-0.4, -0.2) is 23.2 Å². The Bertz CT molecular complexity index is 937. The van der Waals surface area contributed by atoms with Crippen molar-refractivity contribution in [2.45, 2.75) is 12.7 Å². The normalized spacial score (nSPS) is 11.3. The Hall–Kier alpha value is -3.36. The van der Waals surface area contributed by atoms with Crippen LogP contribution in [0.1, 0.15) is 21.8 Å². The molecule has 0 spiro atoms. The lowest BCUT2D eigenvalue weighted by Crippen LogP contribution is -2.23. The van der Waals surface area contributed by atoms with E-state index in [9.17, 15) is 18.0 Å². The Balaban J connectivity index is 1.63. The minimum atomic E-state index is -4.45. The van der Waals surface area contributed by atoms with Crippen LogP contribution in [0.2, 0.25) is 0 Å². The zero-order valence-electron chi connectivity index (χ0n) is 14.1. The number of amides is 1. The highest BCUT2D eigenvalue weighted by atomic mass is 19.4. The lowest BCUT2D eigenvalue weighted by atomic mass is 10.1.